The zero-order valence-corrected chi connectivity index (χ0v) is 19.8. The summed E-state index contributed by atoms with van der Waals surface area (Å²) in [7, 11) is -2.40. The second-order valence-electron chi connectivity index (χ2n) is 6.68. The molecule has 0 bridgehead atoms. The number of nitrogens with zero attached hydrogens (tertiary/aromatic N) is 1. The largest absolute Gasteiger partial charge is 0.497 e. The molecule has 1 amide bonds. The molecule has 0 unspecified atom stereocenters. The summed E-state index contributed by atoms with van der Waals surface area (Å²) < 4.78 is 32.8. The Balaban J connectivity index is 1.69. The maximum absolute atomic E-state index is 13.3. The highest BCUT2D eigenvalue weighted by atomic mass is 35.5. The van der Waals surface area contributed by atoms with Gasteiger partial charge >= 0.3 is 0 Å². The minimum atomic E-state index is -3.93. The second kappa shape index (κ2) is 11.3. The lowest BCUT2D eigenvalue weighted by Gasteiger charge is -2.24. The number of anilines is 1. The smallest absolute Gasteiger partial charge is 0.264 e. The number of carbonyl (C=O) groups excluding carboxylic acids is 1. The Kier molecular flexibility index (Phi) is 8.44. The fraction of sp³-hybridized carbons (Fsp3) is 0.174. The molecule has 32 heavy (non-hydrogen) atoms. The number of hydrogen-bond acceptors (Lipinski definition) is 5. The van der Waals surface area contributed by atoms with Gasteiger partial charge in [-0.15, -0.1) is 11.8 Å². The molecule has 3 aromatic rings. The third kappa shape index (κ3) is 6.41. The van der Waals surface area contributed by atoms with E-state index in [4.69, 9.17) is 16.3 Å². The van der Waals surface area contributed by atoms with Crippen LogP contribution in [-0.4, -0.2) is 40.3 Å². The van der Waals surface area contributed by atoms with Crippen molar-refractivity contribution in [3.05, 3.63) is 83.9 Å². The number of rotatable bonds is 10. The van der Waals surface area contributed by atoms with Gasteiger partial charge in [0.25, 0.3) is 10.0 Å². The predicted octanol–water partition coefficient (Wildman–Crippen LogP) is 4.45. The molecular formula is C23H23ClN2O4S2. The van der Waals surface area contributed by atoms with Gasteiger partial charge in [0, 0.05) is 22.2 Å². The summed E-state index contributed by atoms with van der Waals surface area (Å²) in [6, 6.07) is 22.0. The molecule has 0 aliphatic carbocycles. The molecule has 1 N–H and O–H groups in total. The molecule has 0 radical (unpaired) electrons. The second-order valence-corrected chi connectivity index (χ2v) is 10.1. The number of methoxy groups -OCH3 is 1. The lowest BCUT2D eigenvalue weighted by atomic mass is 10.3. The summed E-state index contributed by atoms with van der Waals surface area (Å²) in [6.45, 7) is 0.0587. The summed E-state index contributed by atoms with van der Waals surface area (Å²) in [5.74, 6) is 0.841. The molecule has 0 aromatic heterocycles. The van der Waals surface area contributed by atoms with Crippen LogP contribution in [0, 0.1) is 0 Å². The van der Waals surface area contributed by atoms with Crippen molar-refractivity contribution >= 4 is 45.0 Å². The molecule has 3 rings (SSSR count). The number of benzene rings is 3. The van der Waals surface area contributed by atoms with Crippen LogP contribution in [0.25, 0.3) is 0 Å². The Morgan fingerprint density at radius 3 is 2.28 bits per heavy atom. The summed E-state index contributed by atoms with van der Waals surface area (Å²) in [5, 5.41) is 3.46. The van der Waals surface area contributed by atoms with E-state index in [2.05, 4.69) is 5.32 Å². The Labute approximate surface area is 197 Å². The minimum Gasteiger partial charge on any atom is -0.497 e. The first-order valence-electron chi connectivity index (χ1n) is 9.77. The van der Waals surface area contributed by atoms with Crippen LogP contribution in [0.1, 0.15) is 0 Å². The molecule has 6 nitrogen and oxygen atoms in total. The van der Waals surface area contributed by atoms with Crippen molar-refractivity contribution in [3.63, 3.8) is 0 Å². The standard InChI is InChI=1S/C23H23ClN2O4S2/c1-30-20-11-9-19(10-12-20)26(32(28,29)22-5-3-2-4-6-22)17-23(27)25-15-16-31-21-13-7-18(24)8-14-21/h2-14H,15-17H2,1H3,(H,25,27). The highest BCUT2D eigenvalue weighted by molar-refractivity contribution is 7.99. The number of halogens is 1. The van der Waals surface area contributed by atoms with E-state index in [0.29, 0.717) is 28.8 Å². The molecule has 0 aliphatic heterocycles. The molecule has 0 heterocycles. The third-order valence-electron chi connectivity index (χ3n) is 4.49. The topological polar surface area (TPSA) is 75.7 Å². The van der Waals surface area contributed by atoms with Gasteiger partial charge in [0.15, 0.2) is 0 Å². The summed E-state index contributed by atoms with van der Waals surface area (Å²) in [4.78, 5) is 13.8. The van der Waals surface area contributed by atoms with Crippen molar-refractivity contribution in [1.29, 1.82) is 0 Å². The van der Waals surface area contributed by atoms with E-state index >= 15 is 0 Å². The molecule has 0 fully saturated rings. The third-order valence-corrected chi connectivity index (χ3v) is 7.54. The summed E-state index contributed by atoms with van der Waals surface area (Å²) >= 11 is 7.46. The number of amides is 1. The van der Waals surface area contributed by atoms with Crippen LogP contribution in [0.5, 0.6) is 5.75 Å². The minimum absolute atomic E-state index is 0.113. The first-order valence-corrected chi connectivity index (χ1v) is 12.6. The van der Waals surface area contributed by atoms with Gasteiger partial charge in [-0.3, -0.25) is 9.10 Å². The molecule has 9 heteroatoms. The fourth-order valence-corrected chi connectivity index (χ4v) is 5.20. The summed E-state index contributed by atoms with van der Waals surface area (Å²) in [5.41, 5.74) is 0.375. The zero-order valence-electron chi connectivity index (χ0n) is 17.4. The Bertz CT molecular complexity index is 1120. The number of nitrogens with one attached hydrogen (secondary N) is 1. The van der Waals surface area contributed by atoms with Crippen LogP contribution in [-0.2, 0) is 14.8 Å². The SMILES string of the molecule is COc1ccc(N(CC(=O)NCCSc2ccc(Cl)cc2)S(=O)(=O)c2ccccc2)cc1. The van der Waals surface area contributed by atoms with Crippen molar-refractivity contribution in [2.75, 3.05) is 30.3 Å². The van der Waals surface area contributed by atoms with Crippen molar-refractivity contribution in [2.24, 2.45) is 0 Å². The zero-order chi connectivity index (χ0) is 23.0. The molecule has 3 aromatic carbocycles. The monoisotopic (exact) mass is 490 g/mol. The average molecular weight is 491 g/mol. The van der Waals surface area contributed by atoms with Gasteiger partial charge in [0.2, 0.25) is 5.91 Å². The van der Waals surface area contributed by atoms with E-state index in [1.807, 2.05) is 24.3 Å². The quantitative estimate of drug-likeness (QED) is 0.335. The molecule has 168 valence electrons. The van der Waals surface area contributed by atoms with Gasteiger partial charge in [-0.25, -0.2) is 8.42 Å². The number of thioether (sulfide) groups is 1. The normalized spacial score (nSPS) is 11.1. The van der Waals surface area contributed by atoms with Gasteiger partial charge in [-0.05, 0) is 60.7 Å². The Hall–Kier alpha value is -2.68. The maximum Gasteiger partial charge on any atom is 0.264 e. The number of hydrogen-bond donors (Lipinski definition) is 1. The first kappa shape index (κ1) is 24.0. The lowest BCUT2D eigenvalue weighted by Crippen LogP contribution is -2.41. The van der Waals surface area contributed by atoms with Gasteiger partial charge < -0.3 is 10.1 Å². The van der Waals surface area contributed by atoms with E-state index in [9.17, 15) is 13.2 Å². The number of sulfonamides is 1. The van der Waals surface area contributed by atoms with Gasteiger partial charge in [-0.2, -0.15) is 0 Å². The highest BCUT2D eigenvalue weighted by Gasteiger charge is 2.27. The van der Waals surface area contributed by atoms with Crippen molar-refractivity contribution < 1.29 is 17.9 Å². The Morgan fingerprint density at radius 1 is 1.00 bits per heavy atom. The molecular weight excluding hydrogens is 468 g/mol. The van der Waals surface area contributed by atoms with Gasteiger partial charge in [0.1, 0.15) is 12.3 Å². The van der Waals surface area contributed by atoms with E-state index in [1.54, 1.807) is 54.2 Å². The molecule has 0 aliphatic rings. The Morgan fingerprint density at radius 2 is 1.66 bits per heavy atom. The summed E-state index contributed by atoms with van der Waals surface area (Å²) in [6.07, 6.45) is 0. The maximum atomic E-state index is 13.3. The highest BCUT2D eigenvalue weighted by Crippen LogP contribution is 2.25. The number of ether oxygens (including phenoxy) is 1. The van der Waals surface area contributed by atoms with Crippen LogP contribution in [0.15, 0.2) is 88.7 Å². The van der Waals surface area contributed by atoms with Crippen LogP contribution in [0.3, 0.4) is 0 Å². The van der Waals surface area contributed by atoms with Gasteiger partial charge in [-0.1, -0.05) is 29.8 Å². The van der Waals surface area contributed by atoms with Crippen LogP contribution >= 0.6 is 23.4 Å². The van der Waals surface area contributed by atoms with Crippen molar-refractivity contribution in [3.8, 4) is 5.75 Å². The first-order chi connectivity index (χ1) is 15.4. The predicted molar refractivity (Wildman–Crippen MR) is 129 cm³/mol. The molecule has 0 saturated heterocycles. The van der Waals surface area contributed by atoms with Crippen LogP contribution in [0.4, 0.5) is 5.69 Å². The van der Waals surface area contributed by atoms with E-state index in [-0.39, 0.29) is 11.4 Å². The van der Waals surface area contributed by atoms with Crippen LogP contribution < -0.4 is 14.4 Å². The van der Waals surface area contributed by atoms with Crippen molar-refractivity contribution in [2.45, 2.75) is 9.79 Å². The number of carbonyl (C=O) groups is 1. The van der Waals surface area contributed by atoms with E-state index in [0.717, 1.165) is 9.20 Å². The van der Waals surface area contributed by atoms with Crippen LogP contribution in [0.2, 0.25) is 5.02 Å². The van der Waals surface area contributed by atoms with Crippen molar-refractivity contribution in [1.82, 2.24) is 5.32 Å². The average Bonchev–Trinajstić information content (AvgIpc) is 2.82. The fourth-order valence-electron chi connectivity index (χ4n) is 2.86. The molecule has 0 spiro atoms. The molecule has 0 atom stereocenters. The van der Waals surface area contributed by atoms with Gasteiger partial charge in [0.05, 0.1) is 17.7 Å². The van der Waals surface area contributed by atoms with E-state index in [1.165, 1.54) is 19.2 Å². The lowest BCUT2D eigenvalue weighted by molar-refractivity contribution is -0.119. The molecule has 0 saturated carbocycles. The van der Waals surface area contributed by atoms with E-state index < -0.39 is 15.9 Å².